The van der Waals surface area contributed by atoms with Gasteiger partial charge in [0.15, 0.2) is 0 Å². The first-order chi connectivity index (χ1) is 12.1. The third kappa shape index (κ3) is 2.41. The van der Waals surface area contributed by atoms with E-state index in [4.69, 9.17) is 11.6 Å². The van der Waals surface area contributed by atoms with Crippen LogP contribution in [0.25, 0.3) is 10.9 Å². The van der Waals surface area contributed by atoms with Gasteiger partial charge in [-0.25, -0.2) is 0 Å². The Morgan fingerprint density at radius 1 is 1.16 bits per heavy atom. The number of halogens is 1. The first-order valence-corrected chi connectivity index (χ1v) is 9.01. The van der Waals surface area contributed by atoms with Gasteiger partial charge >= 0.3 is 0 Å². The lowest BCUT2D eigenvalue weighted by atomic mass is 9.89. The number of hydrogen-bond acceptors (Lipinski definition) is 4. The average molecular weight is 355 g/mol. The van der Waals surface area contributed by atoms with Gasteiger partial charge in [0.1, 0.15) is 0 Å². The topological polar surface area (TPSA) is 65.0 Å². The predicted molar refractivity (Wildman–Crippen MR) is 97.7 cm³/mol. The third-order valence-corrected chi connectivity index (χ3v) is 6.04. The molecule has 2 aromatic heterocycles. The molecule has 0 amide bonds. The molecule has 2 atom stereocenters. The summed E-state index contributed by atoms with van der Waals surface area (Å²) >= 11 is 6.28. The molecule has 1 aliphatic heterocycles. The minimum atomic E-state index is -0.838. The highest BCUT2D eigenvalue weighted by Crippen LogP contribution is 2.51. The van der Waals surface area contributed by atoms with Crippen molar-refractivity contribution < 1.29 is 5.11 Å². The highest BCUT2D eigenvalue weighted by atomic mass is 35.5. The number of aromatic amines is 1. The number of rotatable bonds is 2. The lowest BCUT2D eigenvalue weighted by Gasteiger charge is -2.27. The first-order valence-electron chi connectivity index (χ1n) is 8.63. The Morgan fingerprint density at radius 2 is 1.88 bits per heavy atom. The van der Waals surface area contributed by atoms with E-state index in [0.29, 0.717) is 16.9 Å². The molecular formula is C19H19ClN4O. The molecule has 128 valence electrons. The molecule has 0 spiro atoms. The van der Waals surface area contributed by atoms with Gasteiger partial charge < -0.3 is 10.0 Å². The molecule has 0 bridgehead atoms. The van der Waals surface area contributed by atoms with E-state index in [2.05, 4.69) is 32.2 Å². The van der Waals surface area contributed by atoms with Crippen molar-refractivity contribution >= 4 is 28.2 Å². The van der Waals surface area contributed by atoms with Crippen LogP contribution in [-0.4, -0.2) is 33.4 Å². The predicted octanol–water partition coefficient (Wildman–Crippen LogP) is 3.35. The van der Waals surface area contributed by atoms with Crippen LogP contribution in [-0.2, 0) is 5.60 Å². The number of H-pyrrole nitrogens is 1. The number of nitrogens with one attached hydrogen (secondary N) is 1. The molecule has 1 aliphatic carbocycles. The van der Waals surface area contributed by atoms with E-state index in [1.54, 1.807) is 6.20 Å². The van der Waals surface area contributed by atoms with Crippen molar-refractivity contribution in [2.45, 2.75) is 18.4 Å². The fourth-order valence-corrected chi connectivity index (χ4v) is 4.95. The highest BCUT2D eigenvalue weighted by molar-refractivity contribution is 6.31. The van der Waals surface area contributed by atoms with Crippen LogP contribution in [0, 0.1) is 11.8 Å². The summed E-state index contributed by atoms with van der Waals surface area (Å²) in [7, 11) is 0. The maximum atomic E-state index is 11.4. The van der Waals surface area contributed by atoms with Crippen LogP contribution in [0.2, 0.25) is 5.02 Å². The Labute approximate surface area is 150 Å². The van der Waals surface area contributed by atoms with Crippen LogP contribution in [0.1, 0.15) is 18.4 Å². The van der Waals surface area contributed by atoms with Crippen molar-refractivity contribution in [3.63, 3.8) is 0 Å². The highest BCUT2D eigenvalue weighted by Gasteiger charge is 2.49. The summed E-state index contributed by atoms with van der Waals surface area (Å²) in [6, 6.07) is 7.88. The molecule has 5 rings (SSSR count). The molecule has 1 saturated heterocycles. The van der Waals surface area contributed by atoms with Gasteiger partial charge in [-0.1, -0.05) is 11.6 Å². The molecule has 5 nitrogen and oxygen atoms in total. The number of hydrogen-bond donors (Lipinski definition) is 2. The van der Waals surface area contributed by atoms with Gasteiger partial charge in [0.05, 0.1) is 17.3 Å². The summed E-state index contributed by atoms with van der Waals surface area (Å²) in [5, 5.41) is 20.2. The van der Waals surface area contributed by atoms with Crippen molar-refractivity contribution in [3.05, 3.63) is 53.4 Å². The zero-order valence-electron chi connectivity index (χ0n) is 13.7. The van der Waals surface area contributed by atoms with Crippen LogP contribution in [0.3, 0.4) is 0 Å². The lowest BCUT2D eigenvalue weighted by molar-refractivity contribution is 0.0379. The Bertz CT molecular complexity index is 912. The summed E-state index contributed by atoms with van der Waals surface area (Å²) in [4.78, 5) is 6.50. The van der Waals surface area contributed by atoms with Crippen molar-refractivity contribution in [1.82, 2.24) is 15.2 Å². The number of anilines is 1. The van der Waals surface area contributed by atoms with Crippen LogP contribution in [0.4, 0.5) is 5.69 Å². The largest absolute Gasteiger partial charge is 0.385 e. The summed E-state index contributed by atoms with van der Waals surface area (Å²) in [5.74, 6) is 0.963. The molecule has 1 saturated carbocycles. The summed E-state index contributed by atoms with van der Waals surface area (Å²) in [5.41, 5.74) is 2.16. The van der Waals surface area contributed by atoms with Crippen LogP contribution < -0.4 is 4.90 Å². The zero-order chi connectivity index (χ0) is 17.0. The SMILES string of the molecule is OC1(c2cc(Cl)cc3cn[nH]c23)CC2CN(c3ccncc3)CC2C1. The lowest BCUT2D eigenvalue weighted by Crippen LogP contribution is -2.28. The normalized spacial score (nSPS) is 28.6. The number of pyridine rings is 1. The molecule has 2 N–H and O–H groups in total. The Balaban J connectivity index is 1.44. The van der Waals surface area contributed by atoms with Gasteiger partial charge in [0.25, 0.3) is 0 Å². The molecule has 2 aliphatic rings. The van der Waals surface area contributed by atoms with E-state index >= 15 is 0 Å². The van der Waals surface area contributed by atoms with Crippen LogP contribution >= 0.6 is 11.6 Å². The van der Waals surface area contributed by atoms with Crippen molar-refractivity contribution in [3.8, 4) is 0 Å². The zero-order valence-corrected chi connectivity index (χ0v) is 14.4. The number of fused-ring (bicyclic) bond motifs is 2. The van der Waals surface area contributed by atoms with E-state index < -0.39 is 5.60 Å². The summed E-state index contributed by atoms with van der Waals surface area (Å²) in [6.07, 6.45) is 6.94. The van der Waals surface area contributed by atoms with Gasteiger partial charge in [-0.3, -0.25) is 10.1 Å². The quantitative estimate of drug-likeness (QED) is 0.740. The Kier molecular flexibility index (Phi) is 3.30. The van der Waals surface area contributed by atoms with Crippen LogP contribution in [0.15, 0.2) is 42.9 Å². The second-order valence-corrected chi connectivity index (χ2v) is 7.79. The number of aromatic nitrogens is 3. The van der Waals surface area contributed by atoms with E-state index in [-0.39, 0.29) is 0 Å². The maximum Gasteiger partial charge on any atom is 0.0924 e. The molecule has 2 unspecified atom stereocenters. The van der Waals surface area contributed by atoms with Gasteiger partial charge in [-0.15, -0.1) is 0 Å². The molecule has 6 heteroatoms. The number of nitrogens with zero attached hydrogens (tertiary/aromatic N) is 3. The molecule has 25 heavy (non-hydrogen) atoms. The fraction of sp³-hybridized carbons (Fsp3) is 0.368. The monoisotopic (exact) mass is 354 g/mol. The molecule has 3 aromatic rings. The molecular weight excluding hydrogens is 336 g/mol. The third-order valence-electron chi connectivity index (χ3n) is 5.82. The van der Waals surface area contributed by atoms with E-state index in [9.17, 15) is 5.11 Å². The van der Waals surface area contributed by atoms with E-state index in [0.717, 1.165) is 42.4 Å². The maximum absolute atomic E-state index is 11.4. The van der Waals surface area contributed by atoms with Gasteiger partial charge in [-0.2, -0.15) is 5.10 Å². The second kappa shape index (κ2) is 5.44. The summed E-state index contributed by atoms with van der Waals surface area (Å²) < 4.78 is 0. The van der Waals surface area contributed by atoms with E-state index in [1.165, 1.54) is 5.69 Å². The van der Waals surface area contributed by atoms with E-state index in [1.807, 2.05) is 24.5 Å². The summed E-state index contributed by atoms with van der Waals surface area (Å²) in [6.45, 7) is 1.95. The van der Waals surface area contributed by atoms with Crippen molar-refractivity contribution in [2.24, 2.45) is 11.8 Å². The standard InChI is InChI=1S/C19H19ClN4O/c20-15-5-12-9-22-23-18(12)17(6-15)19(25)7-13-10-24(11-14(13)8-19)16-1-3-21-4-2-16/h1-6,9,13-14,25H,7-8,10-11H2,(H,22,23). The molecule has 2 fully saturated rings. The van der Waals surface area contributed by atoms with Gasteiger partial charge in [0, 0.05) is 47.1 Å². The molecule has 0 radical (unpaired) electrons. The minimum absolute atomic E-state index is 0.482. The van der Waals surface area contributed by atoms with Gasteiger partial charge in [-0.05, 0) is 48.9 Å². The second-order valence-electron chi connectivity index (χ2n) is 7.36. The number of benzene rings is 1. The number of aliphatic hydroxyl groups is 1. The average Bonchev–Trinajstić information content (AvgIpc) is 3.28. The van der Waals surface area contributed by atoms with Crippen molar-refractivity contribution in [1.29, 1.82) is 0 Å². The smallest absolute Gasteiger partial charge is 0.0924 e. The first kappa shape index (κ1) is 15.2. The van der Waals surface area contributed by atoms with Crippen LogP contribution in [0.5, 0.6) is 0 Å². The molecule has 1 aromatic carbocycles. The fourth-order valence-electron chi connectivity index (χ4n) is 4.73. The molecule has 3 heterocycles. The Hall–Kier alpha value is -2.11. The Morgan fingerprint density at radius 3 is 2.60 bits per heavy atom. The van der Waals surface area contributed by atoms with Gasteiger partial charge in [0.2, 0.25) is 0 Å². The van der Waals surface area contributed by atoms with Crippen molar-refractivity contribution in [2.75, 3.05) is 18.0 Å². The minimum Gasteiger partial charge on any atom is -0.385 e.